The number of aromatic nitrogens is 2. The lowest BCUT2D eigenvalue weighted by Crippen LogP contribution is -1.99. The molecular weight excluding hydrogens is 565 g/mol. The van der Waals surface area contributed by atoms with Crippen molar-refractivity contribution >= 4 is 96.7 Å². The van der Waals surface area contributed by atoms with E-state index in [1.165, 1.54) is 96.7 Å². The molecule has 0 spiro atoms. The highest BCUT2D eigenvalue weighted by atomic mass is 32.1. The third-order valence-corrected chi connectivity index (χ3v) is 11.0. The van der Waals surface area contributed by atoms with Gasteiger partial charge >= 0.3 is 0 Å². The molecule has 0 unspecified atom stereocenters. The van der Waals surface area contributed by atoms with Crippen molar-refractivity contribution in [1.82, 2.24) is 9.13 Å². The molecule has 0 amide bonds. The van der Waals surface area contributed by atoms with Crippen molar-refractivity contribution in [3.05, 3.63) is 146 Å². The van der Waals surface area contributed by atoms with Gasteiger partial charge in [0.1, 0.15) is 0 Å². The fraction of sp³-hybridized carbons (Fsp3) is 0. The van der Waals surface area contributed by atoms with Crippen LogP contribution in [-0.4, -0.2) is 9.13 Å². The minimum atomic E-state index is 1.17. The average molecular weight is 589 g/mol. The maximum absolute atomic E-state index is 2.56. The first-order valence-corrected chi connectivity index (χ1v) is 16.3. The van der Waals surface area contributed by atoms with Crippen LogP contribution in [-0.2, 0) is 0 Å². The molecule has 0 radical (unpaired) electrons. The van der Waals surface area contributed by atoms with Gasteiger partial charge in [0.15, 0.2) is 0 Å². The van der Waals surface area contributed by atoms with Crippen molar-refractivity contribution in [2.75, 3.05) is 0 Å². The second kappa shape index (κ2) is 8.50. The van der Waals surface area contributed by atoms with E-state index in [-0.39, 0.29) is 0 Å². The monoisotopic (exact) mass is 588 g/mol. The fourth-order valence-electron chi connectivity index (χ4n) is 8.11. The molecule has 0 aliphatic heterocycles. The smallest absolute Gasteiger partial charge is 0.0789 e. The third-order valence-electron chi connectivity index (χ3n) is 9.85. The molecule has 0 saturated carbocycles. The molecule has 0 fully saturated rings. The SMILES string of the molecule is c1ccc(-n2c3ccccc3c3ccc4c5ccccc5n(-c5ccc6sc7cccc8c9ccccc9c5c6c78)c4c32)cc1. The third kappa shape index (κ3) is 2.94. The summed E-state index contributed by atoms with van der Waals surface area (Å²) in [5.41, 5.74) is 7.33. The molecule has 0 atom stereocenters. The molecule has 3 heterocycles. The van der Waals surface area contributed by atoms with Gasteiger partial charge in [0.25, 0.3) is 0 Å². The molecule has 0 aliphatic carbocycles. The molecule has 11 rings (SSSR count). The first-order valence-electron chi connectivity index (χ1n) is 15.5. The number of para-hydroxylation sites is 3. The summed E-state index contributed by atoms with van der Waals surface area (Å²) in [5, 5.41) is 13.1. The van der Waals surface area contributed by atoms with Crippen LogP contribution in [0.2, 0.25) is 0 Å². The normalized spacial score (nSPS) is 12.4. The van der Waals surface area contributed by atoms with Gasteiger partial charge in [-0.25, -0.2) is 0 Å². The Morgan fingerprint density at radius 2 is 0.889 bits per heavy atom. The van der Waals surface area contributed by atoms with Crippen LogP contribution in [0, 0.1) is 0 Å². The number of hydrogen-bond donors (Lipinski definition) is 0. The molecule has 208 valence electrons. The highest BCUT2D eigenvalue weighted by Gasteiger charge is 2.24. The summed E-state index contributed by atoms with van der Waals surface area (Å²) in [6.07, 6.45) is 0. The van der Waals surface area contributed by atoms with E-state index in [0.717, 1.165) is 0 Å². The zero-order valence-corrected chi connectivity index (χ0v) is 25.0. The standard InChI is InChI=1S/C42H24N2S/c1-2-11-25(12-3-1)43-33-18-8-6-14-27(33)31-21-22-32-28-15-7-9-19-34(28)44(42(32)41(31)43)35-23-24-37-40-38(35)29-16-5-4-13-26(29)30-17-10-20-36(45-37)39(30)40/h1-24H. The summed E-state index contributed by atoms with van der Waals surface area (Å²) in [6.45, 7) is 0. The highest BCUT2D eigenvalue weighted by Crippen LogP contribution is 2.49. The number of hydrogen-bond acceptors (Lipinski definition) is 1. The van der Waals surface area contributed by atoms with Gasteiger partial charge in [-0.15, -0.1) is 11.3 Å². The number of fused-ring (bicyclic) bond motifs is 10. The first-order chi connectivity index (χ1) is 22.4. The van der Waals surface area contributed by atoms with E-state index in [1.54, 1.807) is 0 Å². The molecule has 3 heteroatoms. The number of benzene rings is 8. The molecule has 0 bridgehead atoms. The zero-order chi connectivity index (χ0) is 29.2. The summed E-state index contributed by atoms with van der Waals surface area (Å²) in [5.74, 6) is 0. The van der Waals surface area contributed by atoms with Gasteiger partial charge in [-0.1, -0.05) is 103 Å². The van der Waals surface area contributed by atoms with Crippen molar-refractivity contribution in [2.45, 2.75) is 0 Å². The second-order valence-corrected chi connectivity index (χ2v) is 13.1. The predicted octanol–water partition coefficient (Wildman–Crippen LogP) is 12.0. The lowest BCUT2D eigenvalue weighted by Gasteiger charge is -2.17. The Bertz CT molecular complexity index is 2970. The van der Waals surface area contributed by atoms with Gasteiger partial charge in [0.2, 0.25) is 0 Å². The maximum Gasteiger partial charge on any atom is 0.0789 e. The van der Waals surface area contributed by atoms with Crippen LogP contribution >= 0.6 is 11.3 Å². The lowest BCUT2D eigenvalue weighted by molar-refractivity contribution is 1.16. The first kappa shape index (κ1) is 23.8. The highest BCUT2D eigenvalue weighted by molar-refractivity contribution is 7.26. The van der Waals surface area contributed by atoms with Crippen molar-refractivity contribution in [3.63, 3.8) is 0 Å². The summed E-state index contributed by atoms with van der Waals surface area (Å²) in [4.78, 5) is 0. The van der Waals surface area contributed by atoms with E-state index in [2.05, 4.69) is 155 Å². The van der Waals surface area contributed by atoms with Gasteiger partial charge in [-0.05, 0) is 58.6 Å². The van der Waals surface area contributed by atoms with Crippen molar-refractivity contribution in [1.29, 1.82) is 0 Å². The van der Waals surface area contributed by atoms with E-state index in [1.807, 2.05) is 11.3 Å². The maximum atomic E-state index is 2.56. The fourth-order valence-corrected chi connectivity index (χ4v) is 9.25. The lowest BCUT2D eigenvalue weighted by atomic mass is 9.93. The number of rotatable bonds is 2. The van der Waals surface area contributed by atoms with Crippen LogP contribution in [0.25, 0.3) is 96.7 Å². The summed E-state index contributed by atoms with van der Waals surface area (Å²) in [6, 6.07) is 53.7. The molecule has 45 heavy (non-hydrogen) atoms. The molecule has 11 aromatic rings. The molecule has 0 saturated heterocycles. The van der Waals surface area contributed by atoms with Gasteiger partial charge in [-0.2, -0.15) is 0 Å². The van der Waals surface area contributed by atoms with Gasteiger partial charge < -0.3 is 9.13 Å². The topological polar surface area (TPSA) is 9.86 Å². The van der Waals surface area contributed by atoms with Crippen LogP contribution in [0.1, 0.15) is 0 Å². The van der Waals surface area contributed by atoms with Crippen molar-refractivity contribution < 1.29 is 0 Å². The van der Waals surface area contributed by atoms with Gasteiger partial charge in [-0.3, -0.25) is 0 Å². The molecule has 3 aromatic heterocycles. The minimum absolute atomic E-state index is 1.17. The molecule has 0 N–H and O–H groups in total. The van der Waals surface area contributed by atoms with Gasteiger partial charge in [0, 0.05) is 52.8 Å². The average Bonchev–Trinajstić information content (AvgIpc) is 3.76. The molecule has 8 aromatic carbocycles. The van der Waals surface area contributed by atoms with E-state index in [4.69, 9.17) is 0 Å². The Morgan fingerprint density at radius 3 is 1.64 bits per heavy atom. The Hall–Kier alpha value is -5.64. The quantitative estimate of drug-likeness (QED) is 0.178. The van der Waals surface area contributed by atoms with Gasteiger partial charge in [0.05, 0.1) is 27.8 Å². The van der Waals surface area contributed by atoms with Crippen LogP contribution in [0.3, 0.4) is 0 Å². The van der Waals surface area contributed by atoms with Crippen LogP contribution in [0.5, 0.6) is 0 Å². The Morgan fingerprint density at radius 1 is 0.333 bits per heavy atom. The number of thiophene rings is 1. The Kier molecular flexibility index (Phi) is 4.49. The summed E-state index contributed by atoms with van der Waals surface area (Å²) >= 11 is 1.91. The van der Waals surface area contributed by atoms with Crippen molar-refractivity contribution in [2.24, 2.45) is 0 Å². The van der Waals surface area contributed by atoms with Crippen LogP contribution < -0.4 is 0 Å². The predicted molar refractivity (Wildman–Crippen MR) is 194 cm³/mol. The zero-order valence-electron chi connectivity index (χ0n) is 24.2. The summed E-state index contributed by atoms with van der Waals surface area (Å²) < 4.78 is 7.73. The van der Waals surface area contributed by atoms with E-state index >= 15 is 0 Å². The van der Waals surface area contributed by atoms with E-state index in [0.29, 0.717) is 0 Å². The van der Waals surface area contributed by atoms with Crippen LogP contribution in [0.15, 0.2) is 146 Å². The van der Waals surface area contributed by atoms with E-state index in [9.17, 15) is 0 Å². The minimum Gasteiger partial charge on any atom is -0.307 e. The Labute approximate surface area is 261 Å². The molecule has 2 nitrogen and oxygen atoms in total. The number of nitrogens with zero attached hydrogens (tertiary/aromatic N) is 2. The van der Waals surface area contributed by atoms with E-state index < -0.39 is 0 Å². The Balaban J connectivity index is 1.44. The molecule has 0 aliphatic rings. The molecular formula is C42H24N2S. The van der Waals surface area contributed by atoms with Crippen LogP contribution in [0.4, 0.5) is 0 Å². The summed E-state index contributed by atoms with van der Waals surface area (Å²) in [7, 11) is 0. The van der Waals surface area contributed by atoms with Crippen molar-refractivity contribution in [3.8, 4) is 11.4 Å². The second-order valence-electron chi connectivity index (χ2n) is 12.1. The largest absolute Gasteiger partial charge is 0.307 e.